The van der Waals surface area contributed by atoms with Crippen LogP contribution in [0.5, 0.6) is 0 Å². The maximum Gasteiger partial charge on any atom is 0.0589 e. The van der Waals surface area contributed by atoms with Crippen LogP contribution < -0.4 is 5.32 Å². The quantitative estimate of drug-likeness (QED) is 0.692. The van der Waals surface area contributed by atoms with Crippen LogP contribution in [0.25, 0.3) is 0 Å². The van der Waals surface area contributed by atoms with Crippen molar-refractivity contribution in [2.45, 2.75) is 32.7 Å². The van der Waals surface area contributed by atoms with Crippen molar-refractivity contribution in [1.82, 2.24) is 10.2 Å². The third kappa shape index (κ3) is 4.96. The molecular weight excluding hydrogens is 188 g/mol. The van der Waals surface area contributed by atoms with E-state index in [1.54, 1.807) is 7.11 Å². The Kier molecular flexibility index (Phi) is 6.22. The number of rotatable bonds is 7. The van der Waals surface area contributed by atoms with Crippen LogP contribution in [-0.2, 0) is 4.74 Å². The number of nitrogens with zero attached hydrogens (tertiary/aromatic N) is 1. The van der Waals surface area contributed by atoms with Gasteiger partial charge in [0.25, 0.3) is 0 Å². The highest BCUT2D eigenvalue weighted by Crippen LogP contribution is 2.13. The molecule has 1 rings (SSSR count). The molecule has 1 saturated heterocycles. The second kappa shape index (κ2) is 7.20. The average Bonchev–Trinajstić information content (AvgIpc) is 2.70. The predicted molar refractivity (Wildman–Crippen MR) is 64.2 cm³/mol. The Labute approximate surface area is 94.2 Å². The summed E-state index contributed by atoms with van der Waals surface area (Å²) < 4.78 is 5.14. The Morgan fingerprint density at radius 2 is 2.20 bits per heavy atom. The van der Waals surface area contributed by atoms with Crippen molar-refractivity contribution in [3.8, 4) is 0 Å². The molecule has 0 aromatic rings. The Hall–Kier alpha value is -0.120. The van der Waals surface area contributed by atoms with Crippen molar-refractivity contribution >= 4 is 0 Å². The van der Waals surface area contributed by atoms with Gasteiger partial charge in [-0.1, -0.05) is 0 Å². The molecule has 0 radical (unpaired) electrons. The molecule has 1 aliphatic rings. The first-order chi connectivity index (χ1) is 7.24. The topological polar surface area (TPSA) is 24.5 Å². The Morgan fingerprint density at radius 1 is 1.40 bits per heavy atom. The summed E-state index contributed by atoms with van der Waals surface area (Å²) in [7, 11) is 1.78. The van der Waals surface area contributed by atoms with Crippen molar-refractivity contribution in [3.63, 3.8) is 0 Å². The maximum absolute atomic E-state index is 5.14. The van der Waals surface area contributed by atoms with Gasteiger partial charge in [-0.25, -0.2) is 0 Å². The highest BCUT2D eigenvalue weighted by atomic mass is 16.5. The minimum absolute atomic E-state index is 0.634. The van der Waals surface area contributed by atoms with Crippen molar-refractivity contribution in [1.29, 1.82) is 0 Å². The van der Waals surface area contributed by atoms with Gasteiger partial charge < -0.3 is 10.1 Å². The van der Waals surface area contributed by atoms with E-state index in [2.05, 4.69) is 24.1 Å². The van der Waals surface area contributed by atoms with E-state index in [0.717, 1.165) is 19.1 Å². The molecule has 0 spiro atoms. The standard InChI is InChI=1S/C12H26N2O/c1-11(2)14(8-9-15-3)7-5-12-4-6-13-10-12/h11-13H,4-10H2,1-3H3. The van der Waals surface area contributed by atoms with E-state index in [1.807, 2.05) is 0 Å². The summed E-state index contributed by atoms with van der Waals surface area (Å²) in [6.07, 6.45) is 2.69. The summed E-state index contributed by atoms with van der Waals surface area (Å²) in [5.41, 5.74) is 0. The van der Waals surface area contributed by atoms with E-state index in [-0.39, 0.29) is 0 Å². The van der Waals surface area contributed by atoms with Gasteiger partial charge in [0.05, 0.1) is 6.61 Å². The summed E-state index contributed by atoms with van der Waals surface area (Å²) in [6, 6.07) is 0.634. The summed E-state index contributed by atoms with van der Waals surface area (Å²) in [4.78, 5) is 2.52. The molecule has 15 heavy (non-hydrogen) atoms. The predicted octanol–water partition coefficient (Wildman–Crippen LogP) is 1.34. The molecule has 1 aliphatic heterocycles. The molecule has 1 atom stereocenters. The van der Waals surface area contributed by atoms with Crippen LogP contribution in [0, 0.1) is 5.92 Å². The highest BCUT2D eigenvalue weighted by Gasteiger charge is 2.16. The van der Waals surface area contributed by atoms with Crippen molar-refractivity contribution in [3.05, 3.63) is 0 Å². The third-order valence-corrected chi connectivity index (χ3v) is 3.30. The molecule has 1 unspecified atom stereocenters. The monoisotopic (exact) mass is 214 g/mol. The molecule has 0 saturated carbocycles. The van der Waals surface area contributed by atoms with Crippen LogP contribution in [0.1, 0.15) is 26.7 Å². The molecular formula is C12H26N2O. The fraction of sp³-hybridized carbons (Fsp3) is 1.00. The lowest BCUT2D eigenvalue weighted by molar-refractivity contribution is 0.125. The first-order valence-corrected chi connectivity index (χ1v) is 6.17. The van der Waals surface area contributed by atoms with Crippen LogP contribution in [-0.4, -0.2) is 50.8 Å². The molecule has 0 aromatic heterocycles. The minimum Gasteiger partial charge on any atom is -0.383 e. The van der Waals surface area contributed by atoms with Crippen molar-refractivity contribution < 1.29 is 4.74 Å². The van der Waals surface area contributed by atoms with Gasteiger partial charge in [0.15, 0.2) is 0 Å². The summed E-state index contributed by atoms with van der Waals surface area (Å²) in [5, 5.41) is 3.43. The minimum atomic E-state index is 0.634. The SMILES string of the molecule is COCCN(CCC1CCNC1)C(C)C. The number of ether oxygens (including phenoxy) is 1. The van der Waals surface area contributed by atoms with Crippen molar-refractivity contribution in [2.75, 3.05) is 39.9 Å². The van der Waals surface area contributed by atoms with E-state index in [9.17, 15) is 0 Å². The lowest BCUT2D eigenvalue weighted by Crippen LogP contribution is -2.35. The number of hydrogen-bond acceptors (Lipinski definition) is 3. The van der Waals surface area contributed by atoms with Gasteiger partial charge in [0.1, 0.15) is 0 Å². The molecule has 1 N–H and O–H groups in total. The number of nitrogens with one attached hydrogen (secondary N) is 1. The fourth-order valence-corrected chi connectivity index (χ4v) is 2.15. The molecule has 3 heteroatoms. The Balaban J connectivity index is 2.17. The zero-order chi connectivity index (χ0) is 11.1. The normalized spacial score (nSPS) is 21.8. The second-order valence-electron chi connectivity index (χ2n) is 4.77. The average molecular weight is 214 g/mol. The zero-order valence-corrected chi connectivity index (χ0v) is 10.5. The molecule has 1 fully saturated rings. The first kappa shape index (κ1) is 12.9. The van der Waals surface area contributed by atoms with E-state index in [1.165, 1.54) is 32.5 Å². The van der Waals surface area contributed by atoms with Gasteiger partial charge in [-0.2, -0.15) is 0 Å². The highest BCUT2D eigenvalue weighted by molar-refractivity contribution is 4.73. The second-order valence-corrected chi connectivity index (χ2v) is 4.77. The molecule has 0 amide bonds. The van der Waals surface area contributed by atoms with Gasteiger partial charge in [0.2, 0.25) is 0 Å². The molecule has 0 aromatic carbocycles. The summed E-state index contributed by atoms with van der Waals surface area (Å²) >= 11 is 0. The number of methoxy groups -OCH3 is 1. The van der Waals surface area contributed by atoms with Gasteiger partial charge >= 0.3 is 0 Å². The van der Waals surface area contributed by atoms with Gasteiger partial charge in [0, 0.05) is 19.7 Å². The van der Waals surface area contributed by atoms with Crippen LogP contribution in [0.4, 0.5) is 0 Å². The van der Waals surface area contributed by atoms with Gasteiger partial charge in [-0.05, 0) is 52.2 Å². The summed E-state index contributed by atoms with van der Waals surface area (Å²) in [5.74, 6) is 0.897. The van der Waals surface area contributed by atoms with Crippen LogP contribution in [0.3, 0.4) is 0 Å². The Morgan fingerprint density at radius 3 is 2.73 bits per heavy atom. The lowest BCUT2D eigenvalue weighted by Gasteiger charge is -2.27. The van der Waals surface area contributed by atoms with E-state index in [4.69, 9.17) is 4.74 Å². The molecule has 0 aliphatic carbocycles. The van der Waals surface area contributed by atoms with E-state index >= 15 is 0 Å². The van der Waals surface area contributed by atoms with Crippen LogP contribution >= 0.6 is 0 Å². The molecule has 0 bridgehead atoms. The zero-order valence-electron chi connectivity index (χ0n) is 10.5. The lowest BCUT2D eigenvalue weighted by atomic mass is 10.0. The Bertz CT molecular complexity index is 156. The molecule has 3 nitrogen and oxygen atoms in total. The van der Waals surface area contributed by atoms with Crippen LogP contribution in [0.2, 0.25) is 0 Å². The maximum atomic E-state index is 5.14. The molecule has 1 heterocycles. The number of hydrogen-bond donors (Lipinski definition) is 1. The van der Waals surface area contributed by atoms with E-state index in [0.29, 0.717) is 6.04 Å². The largest absolute Gasteiger partial charge is 0.383 e. The fourth-order valence-electron chi connectivity index (χ4n) is 2.15. The molecule has 90 valence electrons. The summed E-state index contributed by atoms with van der Waals surface area (Å²) in [6.45, 7) is 10.1. The van der Waals surface area contributed by atoms with Gasteiger partial charge in [-0.3, -0.25) is 4.90 Å². The smallest absolute Gasteiger partial charge is 0.0589 e. The van der Waals surface area contributed by atoms with E-state index < -0.39 is 0 Å². The van der Waals surface area contributed by atoms with Crippen LogP contribution in [0.15, 0.2) is 0 Å². The van der Waals surface area contributed by atoms with Gasteiger partial charge in [-0.15, -0.1) is 0 Å². The van der Waals surface area contributed by atoms with Crippen molar-refractivity contribution in [2.24, 2.45) is 5.92 Å². The first-order valence-electron chi connectivity index (χ1n) is 6.17. The third-order valence-electron chi connectivity index (χ3n) is 3.30.